The van der Waals surface area contributed by atoms with Gasteiger partial charge in [-0.15, -0.1) is 0 Å². The van der Waals surface area contributed by atoms with Crippen molar-refractivity contribution in [3.63, 3.8) is 0 Å². The van der Waals surface area contributed by atoms with Gasteiger partial charge in [0.15, 0.2) is 0 Å². The number of halogens is 1. The van der Waals surface area contributed by atoms with Crippen molar-refractivity contribution in [3.05, 3.63) is 29.3 Å². The summed E-state index contributed by atoms with van der Waals surface area (Å²) >= 11 is 5.92. The van der Waals surface area contributed by atoms with Gasteiger partial charge in [-0.25, -0.2) is 8.42 Å². The average molecular weight is 316 g/mol. The van der Waals surface area contributed by atoms with Crippen molar-refractivity contribution in [3.8, 4) is 0 Å². The van der Waals surface area contributed by atoms with Crippen molar-refractivity contribution in [1.29, 1.82) is 0 Å². The monoisotopic (exact) mass is 315 g/mol. The number of hydrogen-bond acceptors (Lipinski definition) is 3. The fraction of sp³-hybridized carbons (Fsp3) is 0.571. The van der Waals surface area contributed by atoms with E-state index in [1.807, 2.05) is 0 Å². The summed E-state index contributed by atoms with van der Waals surface area (Å²) in [5.74, 6) is 0.310. The molecular weight excluding hydrogens is 298 g/mol. The largest absolute Gasteiger partial charge is 0.381 e. The zero-order chi connectivity index (χ0) is 14.2. The van der Waals surface area contributed by atoms with E-state index in [4.69, 9.17) is 16.3 Å². The topological polar surface area (TPSA) is 46.6 Å². The molecule has 1 aromatic rings. The van der Waals surface area contributed by atoms with Crippen molar-refractivity contribution in [2.75, 3.05) is 19.8 Å². The Labute approximate surface area is 124 Å². The van der Waals surface area contributed by atoms with Gasteiger partial charge in [0.05, 0.1) is 11.5 Å². The maximum Gasteiger partial charge on any atom is 0.243 e. The Bertz CT molecular complexity index is 580. The molecule has 2 aliphatic rings. The molecule has 0 bridgehead atoms. The summed E-state index contributed by atoms with van der Waals surface area (Å²) in [6, 6.07) is 6.66. The molecule has 0 spiro atoms. The third-order valence-electron chi connectivity index (χ3n) is 3.82. The Balaban J connectivity index is 1.85. The van der Waals surface area contributed by atoms with Crippen molar-refractivity contribution in [2.45, 2.75) is 30.2 Å². The van der Waals surface area contributed by atoms with Gasteiger partial charge in [-0.1, -0.05) is 17.7 Å². The number of sulfonamides is 1. The molecule has 4 nitrogen and oxygen atoms in total. The lowest BCUT2D eigenvalue weighted by Gasteiger charge is -2.24. The highest BCUT2D eigenvalue weighted by molar-refractivity contribution is 7.89. The van der Waals surface area contributed by atoms with E-state index in [1.165, 1.54) is 6.07 Å². The van der Waals surface area contributed by atoms with Gasteiger partial charge in [-0.3, -0.25) is 0 Å². The van der Waals surface area contributed by atoms with Crippen molar-refractivity contribution in [2.24, 2.45) is 5.92 Å². The standard InChI is InChI=1S/C14H18ClNO3S/c15-12-2-1-3-14(8-12)20(17,18)16(13-4-5-13)9-11-6-7-19-10-11/h1-3,8,11,13H,4-7,9-10H2. The summed E-state index contributed by atoms with van der Waals surface area (Å²) in [5, 5.41) is 0.450. The van der Waals surface area contributed by atoms with Crippen LogP contribution in [0.15, 0.2) is 29.2 Å². The Morgan fingerprint density at radius 1 is 1.30 bits per heavy atom. The first kappa shape index (κ1) is 14.3. The van der Waals surface area contributed by atoms with Crippen LogP contribution >= 0.6 is 11.6 Å². The summed E-state index contributed by atoms with van der Waals surface area (Å²) < 4.78 is 32.6. The van der Waals surface area contributed by atoms with Crippen LogP contribution in [0, 0.1) is 5.92 Å². The molecule has 1 saturated heterocycles. The molecule has 1 aliphatic carbocycles. The Hall–Kier alpha value is -0.620. The van der Waals surface area contributed by atoms with Crippen LogP contribution in [-0.2, 0) is 14.8 Å². The predicted octanol–water partition coefficient (Wildman–Crippen LogP) is 2.53. The van der Waals surface area contributed by atoms with E-state index >= 15 is 0 Å². The van der Waals surface area contributed by atoms with Crippen molar-refractivity contribution >= 4 is 21.6 Å². The molecule has 6 heteroatoms. The van der Waals surface area contributed by atoms with E-state index in [0.717, 1.165) is 25.9 Å². The van der Waals surface area contributed by atoms with E-state index in [9.17, 15) is 8.42 Å². The molecular formula is C14H18ClNO3S. The minimum Gasteiger partial charge on any atom is -0.381 e. The molecule has 20 heavy (non-hydrogen) atoms. The maximum absolute atomic E-state index is 12.8. The smallest absolute Gasteiger partial charge is 0.243 e. The van der Waals surface area contributed by atoms with Gasteiger partial charge in [0.25, 0.3) is 0 Å². The SMILES string of the molecule is O=S(=O)(c1cccc(Cl)c1)N(CC1CCOC1)C1CC1. The molecule has 2 fully saturated rings. The lowest BCUT2D eigenvalue weighted by molar-refractivity contribution is 0.180. The molecule has 0 amide bonds. The van der Waals surface area contributed by atoms with Crippen molar-refractivity contribution < 1.29 is 13.2 Å². The van der Waals surface area contributed by atoms with Crippen LogP contribution in [0.3, 0.4) is 0 Å². The number of hydrogen-bond donors (Lipinski definition) is 0. The van der Waals surface area contributed by atoms with Gasteiger partial charge in [0.1, 0.15) is 0 Å². The Kier molecular flexibility index (Phi) is 4.04. The molecule has 1 saturated carbocycles. The molecule has 3 rings (SSSR count). The van der Waals surface area contributed by atoms with E-state index in [1.54, 1.807) is 22.5 Å². The van der Waals surface area contributed by atoms with Crippen LogP contribution < -0.4 is 0 Å². The number of rotatable bonds is 5. The van der Waals surface area contributed by atoms with Gasteiger partial charge in [-0.2, -0.15) is 4.31 Å². The van der Waals surface area contributed by atoms with Gasteiger partial charge in [0.2, 0.25) is 10.0 Å². The first-order chi connectivity index (χ1) is 9.57. The van der Waals surface area contributed by atoms with Gasteiger partial charge in [0, 0.05) is 24.2 Å². The van der Waals surface area contributed by atoms with E-state index in [-0.39, 0.29) is 10.9 Å². The fourth-order valence-electron chi connectivity index (χ4n) is 2.55. The molecule has 1 unspecified atom stereocenters. The van der Waals surface area contributed by atoms with Crippen LogP contribution in [0.4, 0.5) is 0 Å². The highest BCUT2D eigenvalue weighted by Gasteiger charge is 2.39. The van der Waals surface area contributed by atoms with E-state index < -0.39 is 10.0 Å². The molecule has 1 aromatic carbocycles. The second kappa shape index (κ2) is 5.64. The quantitative estimate of drug-likeness (QED) is 0.839. The Morgan fingerprint density at radius 3 is 2.70 bits per heavy atom. The molecule has 1 aliphatic heterocycles. The third kappa shape index (κ3) is 3.01. The predicted molar refractivity (Wildman–Crippen MR) is 77.3 cm³/mol. The van der Waals surface area contributed by atoms with E-state index in [2.05, 4.69) is 0 Å². The Morgan fingerprint density at radius 2 is 2.10 bits per heavy atom. The zero-order valence-corrected chi connectivity index (χ0v) is 12.7. The second-order valence-electron chi connectivity index (χ2n) is 5.49. The lowest BCUT2D eigenvalue weighted by Crippen LogP contribution is -2.37. The second-order valence-corrected chi connectivity index (χ2v) is 7.82. The third-order valence-corrected chi connectivity index (χ3v) is 5.97. The maximum atomic E-state index is 12.8. The van der Waals surface area contributed by atoms with E-state index in [0.29, 0.717) is 24.1 Å². The van der Waals surface area contributed by atoms with Crippen LogP contribution in [0.1, 0.15) is 19.3 Å². The molecule has 0 radical (unpaired) electrons. The normalized spacial score (nSPS) is 23.4. The molecule has 1 heterocycles. The average Bonchev–Trinajstić information content (AvgIpc) is 3.12. The summed E-state index contributed by atoms with van der Waals surface area (Å²) in [6.07, 6.45) is 2.84. The highest BCUT2D eigenvalue weighted by atomic mass is 35.5. The van der Waals surface area contributed by atoms with Gasteiger partial charge in [-0.05, 0) is 43.4 Å². The molecule has 110 valence electrons. The van der Waals surface area contributed by atoms with Gasteiger partial charge < -0.3 is 4.74 Å². The van der Waals surface area contributed by atoms with Crippen molar-refractivity contribution in [1.82, 2.24) is 4.31 Å². The van der Waals surface area contributed by atoms with Gasteiger partial charge >= 0.3 is 0 Å². The van der Waals surface area contributed by atoms with Crippen LogP contribution in [0.2, 0.25) is 5.02 Å². The summed E-state index contributed by atoms with van der Waals surface area (Å²) in [4.78, 5) is 0.288. The minimum atomic E-state index is -3.45. The number of ether oxygens (including phenoxy) is 1. The fourth-order valence-corrected chi connectivity index (χ4v) is 4.61. The summed E-state index contributed by atoms with van der Waals surface area (Å²) in [5.41, 5.74) is 0. The first-order valence-electron chi connectivity index (χ1n) is 6.92. The van der Waals surface area contributed by atoms with Crippen LogP contribution in [-0.4, -0.2) is 38.5 Å². The molecule has 0 aromatic heterocycles. The first-order valence-corrected chi connectivity index (χ1v) is 8.74. The zero-order valence-electron chi connectivity index (χ0n) is 11.2. The highest BCUT2D eigenvalue weighted by Crippen LogP contribution is 2.34. The molecule has 1 atom stereocenters. The number of nitrogens with zero attached hydrogens (tertiary/aromatic N) is 1. The minimum absolute atomic E-state index is 0.152. The summed E-state index contributed by atoms with van der Waals surface area (Å²) in [6.45, 7) is 1.95. The molecule has 0 N–H and O–H groups in total. The van der Waals surface area contributed by atoms with Crippen LogP contribution in [0.25, 0.3) is 0 Å². The lowest BCUT2D eigenvalue weighted by atomic mass is 10.1. The number of benzene rings is 1. The summed E-state index contributed by atoms with van der Waals surface area (Å²) in [7, 11) is -3.45. The van der Waals surface area contributed by atoms with Crippen LogP contribution in [0.5, 0.6) is 0 Å².